The van der Waals surface area contributed by atoms with Crippen LogP contribution in [-0.2, 0) is 4.43 Å². The molecule has 124 valence electrons. The van der Waals surface area contributed by atoms with Crippen LogP contribution in [0, 0.1) is 11.8 Å². The summed E-state index contributed by atoms with van der Waals surface area (Å²) in [4.78, 5) is 0. The fraction of sp³-hybridized carbons (Fsp3) is 0.875. The molecule has 0 bridgehead atoms. The monoisotopic (exact) mass is 320 g/mol. The lowest BCUT2D eigenvalue weighted by Gasteiger charge is -2.35. The summed E-state index contributed by atoms with van der Waals surface area (Å²) >= 11 is 0. The summed E-state index contributed by atoms with van der Waals surface area (Å²) in [5.41, 5.74) is 0. The molecule has 0 radical (unpaired) electrons. The first-order valence-electron chi connectivity index (χ1n) is 7.64. The molecular weight excluding hydrogens is 290 g/mol. The van der Waals surface area contributed by atoms with Gasteiger partial charge in [-0.2, -0.15) is 8.78 Å². The van der Waals surface area contributed by atoms with Crippen molar-refractivity contribution in [2.45, 2.75) is 83.5 Å². The standard InChI is InChI=1S/C16H30F2O2Si/c1-7-8-9-11-14(19)16(17,18)12-10-13-20-21(5,6)15(2,3)4/h14,19H,7-9,11,13H2,1-6H3. The number of hydrogen-bond donors (Lipinski definition) is 1. The predicted octanol–water partition coefficient (Wildman–Crippen LogP) is 4.59. The largest absolute Gasteiger partial charge is 0.406 e. The Morgan fingerprint density at radius 2 is 1.76 bits per heavy atom. The molecule has 0 aliphatic heterocycles. The zero-order valence-electron chi connectivity index (χ0n) is 14.2. The molecule has 0 saturated heterocycles. The molecule has 0 aromatic carbocycles. The number of unbranched alkanes of at least 4 members (excludes halogenated alkanes) is 2. The van der Waals surface area contributed by atoms with Gasteiger partial charge in [0.15, 0.2) is 8.32 Å². The molecule has 0 aliphatic rings. The van der Waals surface area contributed by atoms with Gasteiger partial charge in [-0.1, -0.05) is 52.9 Å². The minimum atomic E-state index is -3.36. The van der Waals surface area contributed by atoms with Crippen molar-refractivity contribution in [1.29, 1.82) is 0 Å². The van der Waals surface area contributed by atoms with Crippen LogP contribution >= 0.6 is 0 Å². The van der Waals surface area contributed by atoms with Crippen LogP contribution in [0.15, 0.2) is 0 Å². The van der Waals surface area contributed by atoms with Crippen molar-refractivity contribution in [3.8, 4) is 11.8 Å². The van der Waals surface area contributed by atoms with Crippen LogP contribution in [0.25, 0.3) is 0 Å². The predicted molar refractivity (Wildman–Crippen MR) is 86.0 cm³/mol. The van der Waals surface area contributed by atoms with Gasteiger partial charge in [0.2, 0.25) is 0 Å². The smallest absolute Gasteiger partial charge is 0.333 e. The van der Waals surface area contributed by atoms with Gasteiger partial charge in [0, 0.05) is 0 Å². The minimum absolute atomic E-state index is 0.00619. The molecule has 0 fully saturated rings. The van der Waals surface area contributed by atoms with Gasteiger partial charge in [0.25, 0.3) is 0 Å². The number of halogens is 2. The van der Waals surface area contributed by atoms with E-state index in [0.29, 0.717) is 6.42 Å². The van der Waals surface area contributed by atoms with E-state index in [-0.39, 0.29) is 18.1 Å². The van der Waals surface area contributed by atoms with Crippen molar-refractivity contribution in [3.05, 3.63) is 0 Å². The Balaban J connectivity index is 4.42. The summed E-state index contributed by atoms with van der Waals surface area (Å²) < 4.78 is 33.0. The quantitative estimate of drug-likeness (QED) is 0.422. The normalized spacial score (nSPS) is 14.5. The Morgan fingerprint density at radius 1 is 1.19 bits per heavy atom. The molecule has 0 aliphatic carbocycles. The Kier molecular flexibility index (Phi) is 8.08. The lowest BCUT2D eigenvalue weighted by molar-refractivity contribution is -0.0657. The summed E-state index contributed by atoms with van der Waals surface area (Å²) in [7, 11) is -1.96. The summed E-state index contributed by atoms with van der Waals surface area (Å²) in [6.45, 7) is 12.3. The van der Waals surface area contributed by atoms with Gasteiger partial charge in [-0.15, -0.1) is 0 Å². The second-order valence-electron chi connectivity index (χ2n) is 6.99. The van der Waals surface area contributed by atoms with E-state index >= 15 is 0 Å². The Morgan fingerprint density at radius 3 is 2.24 bits per heavy atom. The van der Waals surface area contributed by atoms with Crippen molar-refractivity contribution in [1.82, 2.24) is 0 Å². The SMILES string of the molecule is CCCCCC(O)C(F)(F)C#CCO[Si](C)(C)C(C)(C)C. The zero-order chi connectivity index (χ0) is 16.7. The van der Waals surface area contributed by atoms with Gasteiger partial charge >= 0.3 is 5.92 Å². The molecule has 5 heteroatoms. The third kappa shape index (κ3) is 7.39. The van der Waals surface area contributed by atoms with Gasteiger partial charge < -0.3 is 9.53 Å². The van der Waals surface area contributed by atoms with E-state index in [1.165, 1.54) is 0 Å². The van der Waals surface area contributed by atoms with Gasteiger partial charge in [-0.05, 0) is 30.5 Å². The molecule has 1 atom stereocenters. The Labute approximate surface area is 129 Å². The first kappa shape index (κ1) is 20.6. The van der Waals surface area contributed by atoms with Crippen molar-refractivity contribution < 1.29 is 18.3 Å². The van der Waals surface area contributed by atoms with E-state index in [2.05, 4.69) is 26.7 Å². The van der Waals surface area contributed by atoms with E-state index in [0.717, 1.165) is 12.8 Å². The maximum atomic E-state index is 13.6. The van der Waals surface area contributed by atoms with Crippen LogP contribution < -0.4 is 0 Å². The third-order valence-corrected chi connectivity index (χ3v) is 8.54. The topological polar surface area (TPSA) is 29.5 Å². The molecule has 1 N–H and O–H groups in total. The first-order chi connectivity index (χ1) is 9.44. The van der Waals surface area contributed by atoms with Crippen LogP contribution in [0.1, 0.15) is 53.4 Å². The lowest BCUT2D eigenvalue weighted by atomic mass is 10.1. The highest BCUT2D eigenvalue weighted by Crippen LogP contribution is 2.36. The van der Waals surface area contributed by atoms with Gasteiger partial charge in [0.05, 0.1) is 6.61 Å². The number of aliphatic hydroxyl groups is 1. The lowest BCUT2D eigenvalue weighted by Crippen LogP contribution is -2.40. The highest BCUT2D eigenvalue weighted by atomic mass is 28.4. The maximum Gasteiger partial charge on any atom is 0.333 e. The minimum Gasteiger partial charge on any atom is -0.406 e. The van der Waals surface area contributed by atoms with E-state index < -0.39 is 20.3 Å². The van der Waals surface area contributed by atoms with Gasteiger partial charge in [-0.3, -0.25) is 0 Å². The highest BCUT2D eigenvalue weighted by molar-refractivity contribution is 6.74. The van der Waals surface area contributed by atoms with Gasteiger partial charge in [0.1, 0.15) is 6.10 Å². The molecule has 0 saturated carbocycles. The molecule has 0 amide bonds. The van der Waals surface area contributed by atoms with E-state index in [1.807, 2.05) is 25.9 Å². The van der Waals surface area contributed by atoms with Crippen LogP contribution in [0.4, 0.5) is 8.78 Å². The Hall–Kier alpha value is -0.443. The number of rotatable bonds is 7. The van der Waals surface area contributed by atoms with Crippen LogP contribution in [0.2, 0.25) is 18.1 Å². The summed E-state index contributed by atoms with van der Waals surface area (Å²) in [6, 6.07) is 0. The molecule has 1 unspecified atom stereocenters. The van der Waals surface area contributed by atoms with Crippen molar-refractivity contribution in [2.24, 2.45) is 0 Å². The molecule has 21 heavy (non-hydrogen) atoms. The number of hydrogen-bond acceptors (Lipinski definition) is 2. The second-order valence-corrected chi connectivity index (χ2v) is 11.8. The molecule has 0 rings (SSSR count). The molecular formula is C16H30F2O2Si. The van der Waals surface area contributed by atoms with Crippen molar-refractivity contribution in [2.75, 3.05) is 6.61 Å². The molecule has 2 nitrogen and oxygen atoms in total. The Bertz CT molecular complexity index is 365. The van der Waals surface area contributed by atoms with Crippen LogP contribution in [0.5, 0.6) is 0 Å². The number of alkyl halides is 2. The van der Waals surface area contributed by atoms with E-state index in [4.69, 9.17) is 4.43 Å². The maximum absolute atomic E-state index is 13.6. The zero-order valence-corrected chi connectivity index (χ0v) is 15.2. The third-order valence-electron chi connectivity index (χ3n) is 4.07. The molecule has 0 aromatic heterocycles. The summed E-state index contributed by atoms with van der Waals surface area (Å²) in [5, 5.41) is 9.53. The average molecular weight is 320 g/mol. The highest BCUT2D eigenvalue weighted by Gasteiger charge is 2.37. The molecule has 0 aromatic rings. The first-order valence-corrected chi connectivity index (χ1v) is 10.5. The summed E-state index contributed by atoms with van der Waals surface area (Å²) in [6.07, 6.45) is 0.761. The van der Waals surface area contributed by atoms with E-state index in [1.54, 1.807) is 0 Å². The fourth-order valence-corrected chi connectivity index (χ4v) is 2.31. The van der Waals surface area contributed by atoms with Crippen molar-refractivity contribution >= 4 is 8.32 Å². The van der Waals surface area contributed by atoms with Gasteiger partial charge in [-0.25, -0.2) is 0 Å². The van der Waals surface area contributed by atoms with Crippen LogP contribution in [0.3, 0.4) is 0 Å². The second kappa shape index (κ2) is 8.26. The van der Waals surface area contributed by atoms with Crippen LogP contribution in [-0.4, -0.2) is 32.1 Å². The summed E-state index contributed by atoms with van der Waals surface area (Å²) in [5.74, 6) is 0.895. The van der Waals surface area contributed by atoms with E-state index in [9.17, 15) is 13.9 Å². The molecule has 0 spiro atoms. The molecule has 0 heterocycles. The number of aliphatic hydroxyl groups excluding tert-OH is 1. The average Bonchev–Trinajstić information content (AvgIpc) is 2.33. The van der Waals surface area contributed by atoms with Crippen molar-refractivity contribution in [3.63, 3.8) is 0 Å². The fourth-order valence-electron chi connectivity index (χ4n) is 1.44.